The lowest BCUT2D eigenvalue weighted by Gasteiger charge is -2.09. The van der Waals surface area contributed by atoms with Crippen LogP contribution in [0.5, 0.6) is 0 Å². The van der Waals surface area contributed by atoms with Gasteiger partial charge in [0.05, 0.1) is 0 Å². The van der Waals surface area contributed by atoms with Gasteiger partial charge in [-0.25, -0.2) is 0 Å². The largest absolute Gasteiger partial charge is 0.315 e. The van der Waals surface area contributed by atoms with Gasteiger partial charge in [-0.15, -0.1) is 0 Å². The highest BCUT2D eigenvalue weighted by atomic mass is 14.9. The molecule has 0 aliphatic rings. The fourth-order valence-electron chi connectivity index (χ4n) is 1.71. The van der Waals surface area contributed by atoms with Crippen LogP contribution in [0, 0.1) is 19.8 Å². The molecule has 0 saturated heterocycles. The highest BCUT2D eigenvalue weighted by Gasteiger charge is 1.96. The molecule has 0 fully saturated rings. The predicted octanol–water partition coefficient (Wildman–Crippen LogP) is 2.64. The summed E-state index contributed by atoms with van der Waals surface area (Å²) >= 11 is 0. The van der Waals surface area contributed by atoms with E-state index < -0.39 is 0 Å². The quantitative estimate of drug-likeness (QED) is 0.709. The molecule has 96 valence electrons. The minimum absolute atomic E-state index is 0.731. The van der Waals surface area contributed by atoms with Gasteiger partial charge in [0, 0.05) is 19.6 Å². The van der Waals surface area contributed by atoms with Gasteiger partial charge in [-0.2, -0.15) is 0 Å². The SMILES string of the molecule is Cc1ccc(CNCCNCC(C)C)cc1C. The molecular weight excluding hydrogens is 208 g/mol. The average Bonchev–Trinajstić information content (AvgIpc) is 2.27. The van der Waals surface area contributed by atoms with Crippen LogP contribution >= 0.6 is 0 Å². The molecule has 0 saturated carbocycles. The van der Waals surface area contributed by atoms with Gasteiger partial charge >= 0.3 is 0 Å². The van der Waals surface area contributed by atoms with Crippen molar-refractivity contribution in [2.24, 2.45) is 5.92 Å². The summed E-state index contributed by atoms with van der Waals surface area (Å²) < 4.78 is 0. The Morgan fingerprint density at radius 3 is 2.35 bits per heavy atom. The Labute approximate surface area is 106 Å². The first-order chi connectivity index (χ1) is 8.09. The molecule has 0 aromatic heterocycles. The molecule has 0 atom stereocenters. The smallest absolute Gasteiger partial charge is 0.0206 e. The van der Waals surface area contributed by atoms with Gasteiger partial charge in [-0.05, 0) is 43.0 Å². The van der Waals surface area contributed by atoms with Crippen LogP contribution in [-0.4, -0.2) is 19.6 Å². The van der Waals surface area contributed by atoms with Crippen molar-refractivity contribution in [2.75, 3.05) is 19.6 Å². The number of hydrogen-bond acceptors (Lipinski definition) is 2. The van der Waals surface area contributed by atoms with Gasteiger partial charge in [0.15, 0.2) is 0 Å². The minimum atomic E-state index is 0.731. The summed E-state index contributed by atoms with van der Waals surface area (Å²) in [6.45, 7) is 12.9. The molecule has 1 rings (SSSR count). The molecule has 0 unspecified atom stereocenters. The van der Waals surface area contributed by atoms with Crippen molar-refractivity contribution in [3.05, 3.63) is 34.9 Å². The van der Waals surface area contributed by atoms with Gasteiger partial charge in [-0.3, -0.25) is 0 Å². The molecule has 2 nitrogen and oxygen atoms in total. The maximum Gasteiger partial charge on any atom is 0.0206 e. The zero-order chi connectivity index (χ0) is 12.7. The van der Waals surface area contributed by atoms with E-state index in [1.165, 1.54) is 16.7 Å². The fourth-order valence-corrected chi connectivity index (χ4v) is 1.71. The summed E-state index contributed by atoms with van der Waals surface area (Å²) in [4.78, 5) is 0. The van der Waals surface area contributed by atoms with Crippen LogP contribution in [-0.2, 0) is 6.54 Å². The van der Waals surface area contributed by atoms with Crippen molar-refractivity contribution < 1.29 is 0 Å². The summed E-state index contributed by atoms with van der Waals surface area (Å²) in [5.41, 5.74) is 4.12. The molecule has 0 amide bonds. The lowest BCUT2D eigenvalue weighted by atomic mass is 10.1. The topological polar surface area (TPSA) is 24.1 Å². The molecule has 1 aromatic rings. The third-order valence-corrected chi connectivity index (χ3v) is 2.93. The highest BCUT2D eigenvalue weighted by Crippen LogP contribution is 2.09. The van der Waals surface area contributed by atoms with Crippen molar-refractivity contribution in [1.82, 2.24) is 10.6 Å². The van der Waals surface area contributed by atoms with E-state index in [1.54, 1.807) is 0 Å². The average molecular weight is 234 g/mol. The summed E-state index contributed by atoms with van der Waals surface area (Å²) in [5, 5.41) is 6.89. The standard InChI is InChI=1S/C15H26N2/c1-12(2)10-16-7-8-17-11-15-6-5-13(3)14(4)9-15/h5-6,9,12,16-17H,7-8,10-11H2,1-4H3. The Balaban J connectivity index is 2.16. The molecule has 1 aromatic carbocycles. The Kier molecular flexibility index (Phi) is 6.23. The lowest BCUT2D eigenvalue weighted by molar-refractivity contribution is 0.535. The molecule has 0 aliphatic carbocycles. The van der Waals surface area contributed by atoms with Gasteiger partial charge in [0.2, 0.25) is 0 Å². The van der Waals surface area contributed by atoms with Crippen molar-refractivity contribution in [1.29, 1.82) is 0 Å². The second-order valence-corrected chi connectivity index (χ2v) is 5.19. The summed E-state index contributed by atoms with van der Waals surface area (Å²) in [5.74, 6) is 0.731. The molecule has 0 aliphatic heterocycles. The Morgan fingerprint density at radius 2 is 1.71 bits per heavy atom. The van der Waals surface area contributed by atoms with E-state index in [1.807, 2.05) is 0 Å². The Bertz CT molecular complexity index is 332. The summed E-state index contributed by atoms with van der Waals surface area (Å²) in [6.07, 6.45) is 0. The number of rotatable bonds is 7. The maximum absolute atomic E-state index is 3.46. The zero-order valence-electron chi connectivity index (χ0n) is 11.6. The molecule has 0 heterocycles. The van der Waals surface area contributed by atoms with Gasteiger partial charge < -0.3 is 10.6 Å². The highest BCUT2D eigenvalue weighted by molar-refractivity contribution is 5.29. The van der Waals surface area contributed by atoms with E-state index >= 15 is 0 Å². The van der Waals surface area contributed by atoms with E-state index in [9.17, 15) is 0 Å². The second-order valence-electron chi connectivity index (χ2n) is 5.19. The zero-order valence-corrected chi connectivity index (χ0v) is 11.6. The van der Waals surface area contributed by atoms with Crippen molar-refractivity contribution in [3.8, 4) is 0 Å². The molecule has 2 N–H and O–H groups in total. The van der Waals surface area contributed by atoms with Crippen LogP contribution in [0.15, 0.2) is 18.2 Å². The van der Waals surface area contributed by atoms with E-state index in [0.29, 0.717) is 0 Å². The molecule has 0 spiro atoms. The van der Waals surface area contributed by atoms with Crippen LogP contribution in [0.4, 0.5) is 0 Å². The van der Waals surface area contributed by atoms with Crippen LogP contribution in [0.25, 0.3) is 0 Å². The van der Waals surface area contributed by atoms with Crippen molar-refractivity contribution in [2.45, 2.75) is 34.2 Å². The van der Waals surface area contributed by atoms with Gasteiger partial charge in [-0.1, -0.05) is 32.0 Å². The maximum atomic E-state index is 3.46. The third-order valence-electron chi connectivity index (χ3n) is 2.93. The van der Waals surface area contributed by atoms with Crippen LogP contribution in [0.3, 0.4) is 0 Å². The third kappa shape index (κ3) is 5.85. The number of aryl methyl sites for hydroxylation is 2. The van der Waals surface area contributed by atoms with Crippen LogP contribution < -0.4 is 10.6 Å². The van der Waals surface area contributed by atoms with E-state index in [4.69, 9.17) is 0 Å². The number of hydrogen-bond donors (Lipinski definition) is 2. The molecule has 2 heteroatoms. The second kappa shape index (κ2) is 7.46. The van der Waals surface area contributed by atoms with E-state index in [-0.39, 0.29) is 0 Å². The number of benzene rings is 1. The first-order valence-electron chi connectivity index (χ1n) is 6.57. The van der Waals surface area contributed by atoms with Gasteiger partial charge in [0.1, 0.15) is 0 Å². The molecule has 17 heavy (non-hydrogen) atoms. The van der Waals surface area contributed by atoms with Crippen LogP contribution in [0.1, 0.15) is 30.5 Å². The summed E-state index contributed by atoms with van der Waals surface area (Å²) in [7, 11) is 0. The lowest BCUT2D eigenvalue weighted by Crippen LogP contribution is -2.29. The molecule has 0 radical (unpaired) electrons. The number of nitrogens with one attached hydrogen (secondary N) is 2. The first kappa shape index (κ1) is 14.2. The van der Waals surface area contributed by atoms with Crippen molar-refractivity contribution >= 4 is 0 Å². The van der Waals surface area contributed by atoms with Crippen molar-refractivity contribution in [3.63, 3.8) is 0 Å². The Morgan fingerprint density at radius 1 is 1.00 bits per heavy atom. The summed E-state index contributed by atoms with van der Waals surface area (Å²) in [6, 6.07) is 6.67. The normalized spacial score (nSPS) is 11.1. The monoisotopic (exact) mass is 234 g/mol. The van der Waals surface area contributed by atoms with E-state index in [0.717, 1.165) is 32.1 Å². The van der Waals surface area contributed by atoms with Crippen LogP contribution in [0.2, 0.25) is 0 Å². The molecule has 0 bridgehead atoms. The fraction of sp³-hybridized carbons (Fsp3) is 0.600. The van der Waals surface area contributed by atoms with Gasteiger partial charge in [0.25, 0.3) is 0 Å². The Hall–Kier alpha value is -0.860. The first-order valence-corrected chi connectivity index (χ1v) is 6.57. The van der Waals surface area contributed by atoms with E-state index in [2.05, 4.69) is 56.5 Å². The molecular formula is C15H26N2. The predicted molar refractivity (Wildman–Crippen MR) is 75.3 cm³/mol. The minimum Gasteiger partial charge on any atom is -0.315 e.